The first-order valence-corrected chi connectivity index (χ1v) is 7.95. The fourth-order valence-corrected chi connectivity index (χ4v) is 2.67. The number of halogens is 1. The number of anilines is 1. The van der Waals surface area contributed by atoms with Crippen LogP contribution in [0.5, 0.6) is 0 Å². The summed E-state index contributed by atoms with van der Waals surface area (Å²) in [6, 6.07) is 12.7. The molecule has 124 valence electrons. The fraction of sp³-hybridized carbons (Fsp3) is 0.0588. The van der Waals surface area contributed by atoms with E-state index in [0.29, 0.717) is 23.0 Å². The van der Waals surface area contributed by atoms with E-state index in [-0.39, 0.29) is 11.6 Å². The summed E-state index contributed by atoms with van der Waals surface area (Å²) < 4.78 is 3.28. The van der Waals surface area contributed by atoms with E-state index in [2.05, 4.69) is 20.5 Å². The molecule has 0 radical (unpaired) electrons. The molecule has 7 nitrogen and oxygen atoms in total. The molecule has 0 aliphatic carbocycles. The Balaban J connectivity index is 1.47. The largest absolute Gasteiger partial charge is 0.304 e. The van der Waals surface area contributed by atoms with Crippen molar-refractivity contribution in [3.63, 3.8) is 0 Å². The number of carbonyl (C=O) groups excluding carboxylic acids is 1. The molecule has 0 saturated carbocycles. The monoisotopic (exact) mass is 352 g/mol. The van der Waals surface area contributed by atoms with Gasteiger partial charge in [0.25, 0.3) is 5.91 Å². The lowest BCUT2D eigenvalue weighted by atomic mass is 10.2. The molecule has 0 spiro atoms. The lowest BCUT2D eigenvalue weighted by Gasteiger charge is -2.02. The molecule has 0 bridgehead atoms. The molecule has 3 heterocycles. The first-order valence-electron chi connectivity index (χ1n) is 7.57. The third-order valence-corrected chi connectivity index (χ3v) is 3.82. The number of benzene rings is 1. The molecule has 0 atom stereocenters. The van der Waals surface area contributed by atoms with Crippen LogP contribution in [0.25, 0.3) is 5.65 Å². The lowest BCUT2D eigenvalue weighted by molar-refractivity contribution is 0.102. The Morgan fingerprint density at radius 3 is 2.88 bits per heavy atom. The van der Waals surface area contributed by atoms with Gasteiger partial charge < -0.3 is 5.32 Å². The van der Waals surface area contributed by atoms with Gasteiger partial charge in [0, 0.05) is 35.7 Å². The maximum atomic E-state index is 12.3. The summed E-state index contributed by atoms with van der Waals surface area (Å²) in [5.74, 6) is 0.121. The number of amides is 1. The molecule has 25 heavy (non-hydrogen) atoms. The predicted octanol–water partition coefficient (Wildman–Crippen LogP) is 2.88. The van der Waals surface area contributed by atoms with Crippen LogP contribution in [-0.2, 0) is 6.54 Å². The smallest absolute Gasteiger partial charge is 0.277 e. The highest BCUT2D eigenvalue weighted by atomic mass is 35.5. The standard InChI is InChI=1S/C17H13ClN6O/c18-13-4-1-3-12(9-13)11-23-8-5-15(22-23)20-17(25)14-10-16-19-6-2-7-24(16)21-14/h1-10H,11H2,(H,20,22,25). The Hall–Kier alpha value is -3.19. The second-order valence-electron chi connectivity index (χ2n) is 5.43. The number of rotatable bonds is 4. The van der Waals surface area contributed by atoms with Crippen LogP contribution in [0.2, 0.25) is 5.02 Å². The Bertz CT molecular complexity index is 1020. The molecule has 1 N–H and O–H groups in total. The highest BCUT2D eigenvalue weighted by Crippen LogP contribution is 2.13. The zero-order valence-corrected chi connectivity index (χ0v) is 13.8. The number of aromatic nitrogens is 5. The molecule has 1 aromatic carbocycles. The van der Waals surface area contributed by atoms with Gasteiger partial charge in [0.1, 0.15) is 0 Å². The van der Waals surface area contributed by atoms with Crippen LogP contribution in [0.1, 0.15) is 16.1 Å². The number of hydrogen-bond acceptors (Lipinski definition) is 4. The number of nitrogens with one attached hydrogen (secondary N) is 1. The van der Waals surface area contributed by atoms with Crippen LogP contribution in [0.15, 0.2) is 61.1 Å². The molecule has 4 aromatic rings. The number of hydrogen-bond donors (Lipinski definition) is 1. The van der Waals surface area contributed by atoms with Crippen LogP contribution in [-0.4, -0.2) is 30.3 Å². The first kappa shape index (κ1) is 15.3. The Kier molecular flexibility index (Phi) is 3.91. The molecule has 0 fully saturated rings. The Labute approximate surface area is 147 Å². The van der Waals surface area contributed by atoms with Crippen molar-refractivity contribution in [2.75, 3.05) is 5.32 Å². The van der Waals surface area contributed by atoms with E-state index in [1.807, 2.05) is 24.3 Å². The van der Waals surface area contributed by atoms with E-state index in [4.69, 9.17) is 11.6 Å². The summed E-state index contributed by atoms with van der Waals surface area (Å²) in [6.45, 7) is 0.564. The van der Waals surface area contributed by atoms with Gasteiger partial charge >= 0.3 is 0 Å². The van der Waals surface area contributed by atoms with Crippen molar-refractivity contribution in [3.8, 4) is 0 Å². The van der Waals surface area contributed by atoms with Gasteiger partial charge in [-0.2, -0.15) is 10.2 Å². The molecule has 0 unspecified atom stereocenters. The molecule has 0 aliphatic rings. The van der Waals surface area contributed by atoms with Crippen molar-refractivity contribution >= 4 is 29.0 Å². The van der Waals surface area contributed by atoms with Crippen LogP contribution in [0.4, 0.5) is 5.82 Å². The number of nitrogens with zero attached hydrogens (tertiary/aromatic N) is 5. The van der Waals surface area contributed by atoms with Gasteiger partial charge in [-0.15, -0.1) is 0 Å². The van der Waals surface area contributed by atoms with Gasteiger partial charge in [-0.1, -0.05) is 23.7 Å². The molecule has 8 heteroatoms. The van der Waals surface area contributed by atoms with Crippen LogP contribution in [0.3, 0.4) is 0 Å². The summed E-state index contributed by atoms with van der Waals surface area (Å²) in [5.41, 5.74) is 1.92. The van der Waals surface area contributed by atoms with Crippen LogP contribution >= 0.6 is 11.6 Å². The maximum Gasteiger partial charge on any atom is 0.277 e. The zero-order chi connectivity index (χ0) is 17.2. The predicted molar refractivity (Wildman–Crippen MR) is 93.7 cm³/mol. The van der Waals surface area contributed by atoms with E-state index < -0.39 is 0 Å². The average molecular weight is 353 g/mol. The summed E-state index contributed by atoms with van der Waals surface area (Å²) in [5, 5.41) is 11.9. The van der Waals surface area contributed by atoms with Crippen molar-refractivity contribution in [1.82, 2.24) is 24.4 Å². The minimum absolute atomic E-state index is 0.281. The molecule has 1 amide bonds. The summed E-state index contributed by atoms with van der Waals surface area (Å²) in [7, 11) is 0. The van der Waals surface area contributed by atoms with Gasteiger partial charge in [-0.05, 0) is 23.8 Å². The number of fused-ring (bicyclic) bond motifs is 1. The topological polar surface area (TPSA) is 77.1 Å². The highest BCUT2D eigenvalue weighted by molar-refractivity contribution is 6.30. The van der Waals surface area contributed by atoms with Gasteiger partial charge in [0.15, 0.2) is 17.2 Å². The Morgan fingerprint density at radius 1 is 1.12 bits per heavy atom. The average Bonchev–Trinajstić information content (AvgIpc) is 3.21. The van der Waals surface area contributed by atoms with Crippen molar-refractivity contribution in [2.24, 2.45) is 0 Å². The van der Waals surface area contributed by atoms with E-state index in [1.54, 1.807) is 46.0 Å². The molecule has 0 aliphatic heterocycles. The molecule has 4 rings (SSSR count). The lowest BCUT2D eigenvalue weighted by Crippen LogP contribution is -2.13. The Morgan fingerprint density at radius 2 is 2.04 bits per heavy atom. The molecular weight excluding hydrogens is 340 g/mol. The molecule has 3 aromatic heterocycles. The van der Waals surface area contributed by atoms with Gasteiger partial charge in [0.05, 0.1) is 6.54 Å². The van der Waals surface area contributed by atoms with Crippen LogP contribution < -0.4 is 5.32 Å². The minimum atomic E-state index is -0.335. The van der Waals surface area contributed by atoms with E-state index >= 15 is 0 Å². The second-order valence-corrected chi connectivity index (χ2v) is 5.87. The summed E-state index contributed by atoms with van der Waals surface area (Å²) >= 11 is 5.99. The van der Waals surface area contributed by atoms with Crippen LogP contribution in [0, 0.1) is 0 Å². The minimum Gasteiger partial charge on any atom is -0.304 e. The quantitative estimate of drug-likeness (QED) is 0.612. The molecular formula is C17H13ClN6O. The zero-order valence-electron chi connectivity index (χ0n) is 13.0. The van der Waals surface area contributed by atoms with E-state index in [0.717, 1.165) is 5.56 Å². The van der Waals surface area contributed by atoms with Crippen molar-refractivity contribution in [2.45, 2.75) is 6.54 Å². The molecule has 0 saturated heterocycles. The normalized spacial score (nSPS) is 10.9. The van der Waals surface area contributed by atoms with Crippen molar-refractivity contribution < 1.29 is 4.79 Å². The summed E-state index contributed by atoms with van der Waals surface area (Å²) in [6.07, 6.45) is 5.18. The first-order chi connectivity index (χ1) is 12.2. The number of carbonyl (C=O) groups is 1. The van der Waals surface area contributed by atoms with E-state index in [1.165, 1.54) is 0 Å². The highest BCUT2D eigenvalue weighted by Gasteiger charge is 2.13. The van der Waals surface area contributed by atoms with Gasteiger partial charge in [-0.25, -0.2) is 9.50 Å². The third-order valence-electron chi connectivity index (χ3n) is 3.58. The maximum absolute atomic E-state index is 12.3. The third kappa shape index (κ3) is 3.36. The van der Waals surface area contributed by atoms with E-state index in [9.17, 15) is 4.79 Å². The van der Waals surface area contributed by atoms with Gasteiger partial charge in [-0.3, -0.25) is 9.48 Å². The van der Waals surface area contributed by atoms with Crippen molar-refractivity contribution in [1.29, 1.82) is 0 Å². The summed E-state index contributed by atoms with van der Waals surface area (Å²) in [4.78, 5) is 16.5. The SMILES string of the molecule is O=C(Nc1ccn(Cc2cccc(Cl)c2)n1)c1cc2ncccn2n1. The van der Waals surface area contributed by atoms with Gasteiger partial charge in [0.2, 0.25) is 0 Å². The fourth-order valence-electron chi connectivity index (χ4n) is 2.46. The van der Waals surface area contributed by atoms with Crippen molar-refractivity contribution in [3.05, 3.63) is 77.3 Å². The second kappa shape index (κ2) is 6.37.